The normalized spacial score (nSPS) is 19.5. The third kappa shape index (κ3) is 1.43. The number of fused-ring (bicyclic) bond motifs is 1. The van der Waals surface area contributed by atoms with Gasteiger partial charge in [-0.2, -0.15) is 5.26 Å². The van der Waals surface area contributed by atoms with E-state index in [4.69, 9.17) is 10.2 Å². The van der Waals surface area contributed by atoms with Gasteiger partial charge in [0.05, 0.1) is 11.5 Å². The van der Waals surface area contributed by atoms with Crippen LogP contribution in [0.4, 0.5) is 0 Å². The number of rotatable bonds is 2. The molecule has 0 saturated heterocycles. The Bertz CT molecular complexity index is 592. The van der Waals surface area contributed by atoms with Gasteiger partial charge in [-0.05, 0) is 30.5 Å². The molecule has 86 valence electrons. The summed E-state index contributed by atoms with van der Waals surface area (Å²) in [4.78, 5) is 4.06. The van der Waals surface area contributed by atoms with Crippen molar-refractivity contribution in [2.45, 2.75) is 25.3 Å². The van der Waals surface area contributed by atoms with Crippen LogP contribution in [0.25, 0.3) is 11.1 Å². The number of aromatic nitrogens is 1. The first-order valence-electron chi connectivity index (χ1n) is 5.75. The summed E-state index contributed by atoms with van der Waals surface area (Å²) in [7, 11) is 0. The van der Waals surface area contributed by atoms with E-state index < -0.39 is 0 Å². The zero-order valence-corrected chi connectivity index (χ0v) is 9.39. The third-order valence-electron chi connectivity index (χ3n) is 3.78. The molecule has 4 heteroatoms. The third-order valence-corrected chi connectivity index (χ3v) is 3.78. The maximum absolute atomic E-state index is 9.28. The lowest BCUT2D eigenvalue weighted by Crippen LogP contribution is -2.39. The van der Waals surface area contributed by atoms with Gasteiger partial charge in [-0.3, -0.25) is 0 Å². The molecule has 0 bridgehead atoms. The number of benzene rings is 1. The summed E-state index contributed by atoms with van der Waals surface area (Å²) in [5.74, 6) is 0. The van der Waals surface area contributed by atoms with E-state index in [1.165, 1.54) is 6.39 Å². The van der Waals surface area contributed by atoms with Gasteiger partial charge in [0.2, 0.25) is 0 Å². The fourth-order valence-corrected chi connectivity index (χ4v) is 2.43. The Morgan fingerprint density at radius 3 is 2.94 bits per heavy atom. The van der Waals surface area contributed by atoms with Crippen molar-refractivity contribution in [1.82, 2.24) is 4.98 Å². The van der Waals surface area contributed by atoms with Crippen LogP contribution in [0, 0.1) is 16.7 Å². The summed E-state index contributed by atoms with van der Waals surface area (Å²) >= 11 is 0. The van der Waals surface area contributed by atoms with Gasteiger partial charge < -0.3 is 10.2 Å². The molecule has 1 unspecified atom stereocenters. The van der Waals surface area contributed by atoms with Crippen LogP contribution in [0.2, 0.25) is 0 Å². The molecule has 1 aromatic heterocycles. The largest absolute Gasteiger partial charge is 0.443 e. The van der Waals surface area contributed by atoms with Crippen LogP contribution in [-0.4, -0.2) is 4.98 Å². The number of nitriles is 1. The highest BCUT2D eigenvalue weighted by molar-refractivity contribution is 5.73. The van der Waals surface area contributed by atoms with Crippen LogP contribution in [0.15, 0.2) is 29.0 Å². The van der Waals surface area contributed by atoms with Gasteiger partial charge in [0.25, 0.3) is 0 Å². The number of nitrogens with two attached hydrogens (primary N) is 1. The van der Waals surface area contributed by atoms with Crippen molar-refractivity contribution < 1.29 is 4.42 Å². The molecule has 1 aliphatic rings. The minimum atomic E-state index is -0.381. The molecule has 0 amide bonds. The topological polar surface area (TPSA) is 75.8 Å². The number of oxazole rings is 1. The molecular weight excluding hydrogens is 214 g/mol. The molecular formula is C13H13N3O. The molecule has 17 heavy (non-hydrogen) atoms. The molecule has 1 aliphatic carbocycles. The molecule has 0 aliphatic heterocycles. The second-order valence-corrected chi connectivity index (χ2v) is 4.68. The molecule has 1 fully saturated rings. The van der Waals surface area contributed by atoms with Gasteiger partial charge in [0.15, 0.2) is 12.0 Å². The van der Waals surface area contributed by atoms with Crippen molar-refractivity contribution in [1.29, 1.82) is 5.26 Å². The lowest BCUT2D eigenvalue weighted by Gasteiger charge is -2.40. The number of nitrogens with zero attached hydrogens (tertiary/aromatic N) is 2. The quantitative estimate of drug-likeness (QED) is 0.855. The van der Waals surface area contributed by atoms with Gasteiger partial charge in [-0.1, -0.05) is 12.5 Å². The van der Waals surface area contributed by atoms with E-state index in [1.54, 1.807) is 0 Å². The van der Waals surface area contributed by atoms with Gasteiger partial charge in [-0.15, -0.1) is 0 Å². The maximum atomic E-state index is 9.28. The second-order valence-electron chi connectivity index (χ2n) is 4.68. The Hall–Kier alpha value is -1.86. The van der Waals surface area contributed by atoms with E-state index in [2.05, 4.69) is 11.1 Å². The van der Waals surface area contributed by atoms with E-state index in [0.29, 0.717) is 0 Å². The van der Waals surface area contributed by atoms with E-state index in [-0.39, 0.29) is 11.5 Å². The Labute approximate surface area is 99.0 Å². The smallest absolute Gasteiger partial charge is 0.181 e. The monoisotopic (exact) mass is 227 g/mol. The van der Waals surface area contributed by atoms with Crippen LogP contribution in [0.3, 0.4) is 0 Å². The predicted octanol–water partition coefficient (Wildman–Crippen LogP) is 2.52. The highest BCUT2D eigenvalue weighted by Gasteiger charge is 2.43. The van der Waals surface area contributed by atoms with Crippen molar-refractivity contribution in [3.8, 4) is 6.07 Å². The molecule has 1 atom stereocenters. The average Bonchev–Trinajstić information content (AvgIpc) is 2.74. The molecule has 1 aromatic carbocycles. The zero-order chi connectivity index (χ0) is 11.9. The van der Waals surface area contributed by atoms with Crippen LogP contribution in [0.1, 0.15) is 30.9 Å². The molecule has 2 N–H and O–H groups in total. The van der Waals surface area contributed by atoms with Crippen molar-refractivity contribution in [3.63, 3.8) is 0 Å². The Morgan fingerprint density at radius 2 is 2.29 bits per heavy atom. The first kappa shape index (κ1) is 10.3. The first-order valence-corrected chi connectivity index (χ1v) is 5.75. The van der Waals surface area contributed by atoms with Gasteiger partial charge in [0.1, 0.15) is 5.52 Å². The lowest BCUT2D eigenvalue weighted by atomic mass is 9.64. The van der Waals surface area contributed by atoms with Gasteiger partial charge >= 0.3 is 0 Å². The number of hydrogen-bond donors (Lipinski definition) is 1. The van der Waals surface area contributed by atoms with Gasteiger partial charge in [0, 0.05) is 6.04 Å². The van der Waals surface area contributed by atoms with Crippen LogP contribution in [0.5, 0.6) is 0 Å². The molecule has 0 radical (unpaired) electrons. The highest BCUT2D eigenvalue weighted by atomic mass is 16.3. The molecule has 3 rings (SSSR count). The highest BCUT2D eigenvalue weighted by Crippen LogP contribution is 2.48. The molecule has 1 saturated carbocycles. The minimum Gasteiger partial charge on any atom is -0.443 e. The van der Waals surface area contributed by atoms with Crippen molar-refractivity contribution in [2.24, 2.45) is 11.1 Å². The Morgan fingerprint density at radius 1 is 1.47 bits per heavy atom. The summed E-state index contributed by atoms with van der Waals surface area (Å²) in [5.41, 5.74) is 8.34. The maximum Gasteiger partial charge on any atom is 0.181 e. The first-order chi connectivity index (χ1) is 8.25. The van der Waals surface area contributed by atoms with Crippen molar-refractivity contribution in [3.05, 3.63) is 30.2 Å². The van der Waals surface area contributed by atoms with E-state index >= 15 is 0 Å². The number of hydrogen-bond acceptors (Lipinski definition) is 4. The summed E-state index contributed by atoms with van der Waals surface area (Å²) in [6.45, 7) is 0. The fourth-order valence-electron chi connectivity index (χ4n) is 2.43. The molecule has 0 spiro atoms. The summed E-state index contributed by atoms with van der Waals surface area (Å²) in [5, 5.41) is 9.28. The van der Waals surface area contributed by atoms with Crippen LogP contribution in [-0.2, 0) is 0 Å². The van der Waals surface area contributed by atoms with E-state index in [0.717, 1.165) is 35.9 Å². The summed E-state index contributed by atoms with van der Waals surface area (Å²) in [6, 6.07) is 7.86. The van der Waals surface area contributed by atoms with Crippen LogP contribution >= 0.6 is 0 Å². The fraction of sp³-hybridized carbons (Fsp3) is 0.385. The Kier molecular flexibility index (Phi) is 2.17. The second kappa shape index (κ2) is 3.57. The molecule has 2 aromatic rings. The zero-order valence-electron chi connectivity index (χ0n) is 9.39. The summed E-state index contributed by atoms with van der Waals surface area (Å²) < 4.78 is 5.26. The lowest BCUT2D eigenvalue weighted by molar-refractivity contribution is 0.169. The predicted molar refractivity (Wildman–Crippen MR) is 62.8 cm³/mol. The standard InChI is InChI=1S/C13H13N3O/c14-7-13(4-1-5-13)12(15)9-2-3-10-11(6-9)17-8-16-10/h2-3,6,8,12H,1,4-5,15H2. The molecule has 4 nitrogen and oxygen atoms in total. The van der Waals surface area contributed by atoms with E-state index in [9.17, 15) is 5.26 Å². The van der Waals surface area contributed by atoms with Crippen molar-refractivity contribution >= 4 is 11.1 Å². The average molecular weight is 227 g/mol. The van der Waals surface area contributed by atoms with Gasteiger partial charge in [-0.25, -0.2) is 4.98 Å². The van der Waals surface area contributed by atoms with Crippen molar-refractivity contribution in [2.75, 3.05) is 0 Å². The minimum absolute atomic E-state index is 0.240. The summed E-state index contributed by atoms with van der Waals surface area (Å²) in [6.07, 6.45) is 4.29. The van der Waals surface area contributed by atoms with Crippen LogP contribution < -0.4 is 5.73 Å². The Balaban J connectivity index is 2.00. The molecule has 1 heterocycles. The SMILES string of the molecule is N#CC1(C(N)c2ccc3ncoc3c2)CCC1. The van der Waals surface area contributed by atoms with E-state index in [1.807, 2.05) is 18.2 Å².